The molecule has 2 aromatic heterocycles. The monoisotopic (exact) mass is 525 g/mol. The number of amides is 1. The van der Waals surface area contributed by atoms with E-state index in [1.165, 1.54) is 35.8 Å². The Balaban J connectivity index is 1.31. The molecule has 4 aromatic rings. The van der Waals surface area contributed by atoms with Crippen molar-refractivity contribution in [1.29, 1.82) is 5.26 Å². The maximum atomic E-state index is 12.9. The van der Waals surface area contributed by atoms with Gasteiger partial charge in [-0.05, 0) is 41.7 Å². The number of anilines is 1. The fourth-order valence-corrected chi connectivity index (χ4v) is 6.61. The largest absolute Gasteiger partial charge is 0.465 e. The summed E-state index contributed by atoms with van der Waals surface area (Å²) in [5.74, 6) is -0.211. The van der Waals surface area contributed by atoms with Gasteiger partial charge in [0, 0.05) is 22.6 Å². The highest BCUT2D eigenvalue weighted by Crippen LogP contribution is 2.45. The Bertz CT molecular complexity index is 1520. The predicted molar refractivity (Wildman–Crippen MR) is 147 cm³/mol. The van der Waals surface area contributed by atoms with Gasteiger partial charge >= 0.3 is 5.97 Å². The molecular weight excluding hydrogens is 502 g/mol. The van der Waals surface area contributed by atoms with Gasteiger partial charge in [-0.15, -0.1) is 23.1 Å². The second-order valence-electron chi connectivity index (χ2n) is 8.44. The molecule has 2 heterocycles. The van der Waals surface area contributed by atoms with E-state index < -0.39 is 5.97 Å². The lowest BCUT2D eigenvalue weighted by atomic mass is 9.89. The Morgan fingerprint density at radius 2 is 1.86 bits per heavy atom. The summed E-state index contributed by atoms with van der Waals surface area (Å²) in [6.07, 6.45) is 1.76. The molecule has 0 bridgehead atoms. The number of pyridine rings is 1. The third-order valence-electron chi connectivity index (χ3n) is 6.17. The van der Waals surface area contributed by atoms with E-state index in [0.717, 1.165) is 40.1 Å². The molecule has 1 amide bonds. The summed E-state index contributed by atoms with van der Waals surface area (Å²) in [6, 6.07) is 23.7. The fraction of sp³-hybridized carbons (Fsp3) is 0.172. The first-order valence-corrected chi connectivity index (χ1v) is 13.6. The van der Waals surface area contributed by atoms with Crippen molar-refractivity contribution in [1.82, 2.24) is 4.98 Å². The lowest BCUT2D eigenvalue weighted by Crippen LogP contribution is -2.15. The van der Waals surface area contributed by atoms with Gasteiger partial charge in [0.1, 0.15) is 16.1 Å². The zero-order valence-corrected chi connectivity index (χ0v) is 21.7. The Morgan fingerprint density at radius 3 is 2.65 bits per heavy atom. The van der Waals surface area contributed by atoms with E-state index >= 15 is 0 Å². The molecule has 0 radical (unpaired) electrons. The molecule has 1 aliphatic rings. The molecule has 5 rings (SSSR count). The van der Waals surface area contributed by atoms with E-state index in [2.05, 4.69) is 28.5 Å². The zero-order valence-electron chi connectivity index (χ0n) is 20.1. The first-order chi connectivity index (χ1) is 18.1. The first-order valence-electron chi connectivity index (χ1n) is 11.8. The SMILES string of the molecule is COC(=O)c1c(NC(=O)CCSc2nc(-c3ccccc3)ccc2C#N)sc2c1CCc1ccccc1-2. The van der Waals surface area contributed by atoms with Gasteiger partial charge in [-0.1, -0.05) is 54.6 Å². The number of nitriles is 1. The topological polar surface area (TPSA) is 92.1 Å². The highest BCUT2D eigenvalue weighted by molar-refractivity contribution is 7.99. The molecule has 1 N–H and O–H groups in total. The maximum Gasteiger partial charge on any atom is 0.341 e. The first kappa shape index (κ1) is 24.8. The van der Waals surface area contributed by atoms with Crippen molar-refractivity contribution in [3.63, 3.8) is 0 Å². The third-order valence-corrected chi connectivity index (χ3v) is 8.35. The zero-order chi connectivity index (χ0) is 25.8. The van der Waals surface area contributed by atoms with Crippen LogP contribution >= 0.6 is 23.1 Å². The molecule has 0 aliphatic heterocycles. The van der Waals surface area contributed by atoms with Gasteiger partial charge in [0.2, 0.25) is 5.91 Å². The number of esters is 1. The number of aryl methyl sites for hydroxylation is 1. The van der Waals surface area contributed by atoms with Crippen LogP contribution in [0.5, 0.6) is 0 Å². The summed E-state index contributed by atoms with van der Waals surface area (Å²) in [7, 11) is 1.36. The molecule has 184 valence electrons. The van der Waals surface area contributed by atoms with Crippen LogP contribution in [0.15, 0.2) is 71.8 Å². The molecule has 1 aliphatic carbocycles. The molecule has 0 saturated carbocycles. The molecule has 8 heteroatoms. The quantitative estimate of drug-likeness (QED) is 0.223. The van der Waals surface area contributed by atoms with Crippen molar-refractivity contribution in [2.24, 2.45) is 0 Å². The van der Waals surface area contributed by atoms with Crippen LogP contribution < -0.4 is 5.32 Å². The van der Waals surface area contributed by atoms with Gasteiger partial charge in [-0.3, -0.25) is 4.79 Å². The van der Waals surface area contributed by atoms with Crippen LogP contribution in [-0.4, -0.2) is 29.7 Å². The second kappa shape index (κ2) is 11.0. The maximum absolute atomic E-state index is 12.9. The van der Waals surface area contributed by atoms with Crippen LogP contribution in [0.1, 0.15) is 33.5 Å². The standard InChI is InChI=1S/C29H23N3O3S2/c1-35-29(34)25-22-13-11-18-7-5-6-10-21(18)26(22)37-28(25)32-24(33)15-16-36-27-20(17-30)12-14-23(31-27)19-8-3-2-4-9-19/h2-10,12,14H,11,13,15-16H2,1H3,(H,32,33). The van der Waals surface area contributed by atoms with Crippen molar-refractivity contribution in [3.8, 4) is 27.8 Å². The number of benzene rings is 2. The fourth-order valence-electron chi connectivity index (χ4n) is 4.38. The molecule has 0 spiro atoms. The summed E-state index contributed by atoms with van der Waals surface area (Å²) in [4.78, 5) is 31.2. The van der Waals surface area contributed by atoms with Crippen molar-refractivity contribution in [3.05, 3.63) is 89.0 Å². The Kier molecular flexibility index (Phi) is 7.35. The van der Waals surface area contributed by atoms with E-state index in [4.69, 9.17) is 4.74 Å². The van der Waals surface area contributed by atoms with E-state index in [-0.39, 0.29) is 12.3 Å². The third kappa shape index (κ3) is 5.15. The second-order valence-corrected chi connectivity index (χ2v) is 10.5. The molecule has 0 fully saturated rings. The number of rotatable bonds is 7. The van der Waals surface area contributed by atoms with Gasteiger partial charge in [-0.2, -0.15) is 5.26 Å². The highest BCUT2D eigenvalue weighted by atomic mass is 32.2. The number of methoxy groups -OCH3 is 1. The number of nitrogens with one attached hydrogen (secondary N) is 1. The molecule has 0 saturated heterocycles. The normalized spacial score (nSPS) is 11.7. The average molecular weight is 526 g/mol. The van der Waals surface area contributed by atoms with Crippen molar-refractivity contribution in [2.75, 3.05) is 18.2 Å². The van der Waals surface area contributed by atoms with E-state index in [1.54, 1.807) is 6.07 Å². The lowest BCUT2D eigenvalue weighted by Gasteiger charge is -2.16. The van der Waals surface area contributed by atoms with Crippen molar-refractivity contribution in [2.45, 2.75) is 24.3 Å². The summed E-state index contributed by atoms with van der Waals surface area (Å²) < 4.78 is 5.06. The average Bonchev–Trinajstić information content (AvgIpc) is 3.31. The summed E-state index contributed by atoms with van der Waals surface area (Å²) in [6.45, 7) is 0. The van der Waals surface area contributed by atoms with Crippen LogP contribution in [0.3, 0.4) is 0 Å². The Morgan fingerprint density at radius 1 is 1.08 bits per heavy atom. The summed E-state index contributed by atoms with van der Waals surface area (Å²) in [5.41, 5.74) is 5.93. The molecule has 2 aromatic carbocycles. The number of aromatic nitrogens is 1. The van der Waals surface area contributed by atoms with Crippen LogP contribution in [0, 0.1) is 11.3 Å². The number of hydrogen-bond acceptors (Lipinski definition) is 7. The van der Waals surface area contributed by atoms with Crippen molar-refractivity contribution >= 4 is 40.0 Å². The molecule has 6 nitrogen and oxygen atoms in total. The van der Waals surface area contributed by atoms with Crippen molar-refractivity contribution < 1.29 is 14.3 Å². The predicted octanol–water partition coefficient (Wildman–Crippen LogP) is 6.35. The van der Waals surface area contributed by atoms with E-state index in [9.17, 15) is 14.9 Å². The number of thiophene rings is 1. The number of fused-ring (bicyclic) bond motifs is 3. The summed E-state index contributed by atoms with van der Waals surface area (Å²) >= 11 is 2.79. The van der Waals surface area contributed by atoms with Crippen LogP contribution in [-0.2, 0) is 22.4 Å². The molecule has 0 atom stereocenters. The van der Waals surface area contributed by atoms with E-state index in [0.29, 0.717) is 26.9 Å². The van der Waals surface area contributed by atoms with Gasteiger partial charge < -0.3 is 10.1 Å². The molecule has 0 unspecified atom stereocenters. The minimum Gasteiger partial charge on any atom is -0.465 e. The van der Waals surface area contributed by atoms with Gasteiger partial charge in [-0.25, -0.2) is 9.78 Å². The van der Waals surface area contributed by atoms with Crippen LogP contribution in [0.2, 0.25) is 0 Å². The van der Waals surface area contributed by atoms with E-state index in [1.807, 2.05) is 48.5 Å². The van der Waals surface area contributed by atoms with Gasteiger partial charge in [0.15, 0.2) is 0 Å². The van der Waals surface area contributed by atoms with Gasteiger partial charge in [0.05, 0.1) is 23.9 Å². The smallest absolute Gasteiger partial charge is 0.341 e. The number of thioether (sulfide) groups is 1. The Hall–Kier alpha value is -3.93. The molecule has 37 heavy (non-hydrogen) atoms. The van der Waals surface area contributed by atoms with Crippen LogP contribution in [0.25, 0.3) is 21.7 Å². The number of nitrogens with zero attached hydrogens (tertiary/aromatic N) is 2. The molecular formula is C29H23N3O3S2. The lowest BCUT2D eigenvalue weighted by molar-refractivity contribution is -0.115. The summed E-state index contributed by atoms with van der Waals surface area (Å²) in [5, 5.41) is 13.6. The minimum atomic E-state index is -0.442. The number of carbonyl (C=O) groups is 2. The Labute approximate surface area is 223 Å². The van der Waals surface area contributed by atoms with Gasteiger partial charge in [0.25, 0.3) is 0 Å². The number of carbonyl (C=O) groups excluding carboxylic acids is 2. The van der Waals surface area contributed by atoms with Crippen LogP contribution in [0.4, 0.5) is 5.00 Å². The number of ether oxygens (including phenoxy) is 1. The highest BCUT2D eigenvalue weighted by Gasteiger charge is 2.29. The minimum absolute atomic E-state index is 0.201. The number of hydrogen-bond donors (Lipinski definition) is 1.